The van der Waals surface area contributed by atoms with Crippen LogP contribution in [0.3, 0.4) is 0 Å². The smallest absolute Gasteiger partial charge is 0.306 e. The first kappa shape index (κ1) is 13.6. The number of hydrogen-bond donors (Lipinski definition) is 2. The third-order valence-corrected chi connectivity index (χ3v) is 3.60. The fraction of sp³-hybridized carbons (Fsp3) is 0.615. The summed E-state index contributed by atoms with van der Waals surface area (Å²) < 4.78 is 4.86. The van der Waals surface area contributed by atoms with Gasteiger partial charge in [0.15, 0.2) is 0 Å². The van der Waals surface area contributed by atoms with E-state index in [1.807, 2.05) is 0 Å². The van der Waals surface area contributed by atoms with Crippen LogP contribution in [0.2, 0.25) is 0 Å². The Morgan fingerprint density at radius 1 is 1.47 bits per heavy atom. The summed E-state index contributed by atoms with van der Waals surface area (Å²) in [5.41, 5.74) is 0.645. The number of aryl methyl sites for hydroxylation is 1. The number of aliphatic carboxylic acids is 1. The van der Waals surface area contributed by atoms with E-state index in [1.54, 1.807) is 13.0 Å². The van der Waals surface area contributed by atoms with Crippen molar-refractivity contribution in [2.45, 2.75) is 32.6 Å². The third-order valence-electron chi connectivity index (χ3n) is 3.60. The molecule has 1 fully saturated rings. The average Bonchev–Trinajstić information content (AvgIpc) is 2.83. The minimum atomic E-state index is -0.769. The van der Waals surface area contributed by atoms with Crippen LogP contribution in [0.5, 0.6) is 0 Å². The Morgan fingerprint density at radius 2 is 2.21 bits per heavy atom. The molecule has 1 aromatic heterocycles. The SMILES string of the molecule is Cc1cc(C(=O)NCC2CCCCC2C(=O)O)on1. The zero-order valence-electron chi connectivity index (χ0n) is 10.9. The maximum absolute atomic E-state index is 11.8. The summed E-state index contributed by atoms with van der Waals surface area (Å²) in [5, 5.41) is 15.5. The Labute approximate surface area is 111 Å². The molecule has 1 aromatic rings. The quantitative estimate of drug-likeness (QED) is 0.863. The summed E-state index contributed by atoms with van der Waals surface area (Å²) in [7, 11) is 0. The largest absolute Gasteiger partial charge is 0.481 e. The van der Waals surface area contributed by atoms with Gasteiger partial charge in [-0.1, -0.05) is 18.0 Å². The summed E-state index contributed by atoms with van der Waals surface area (Å²) in [6.45, 7) is 2.11. The minimum absolute atomic E-state index is 0.000724. The monoisotopic (exact) mass is 266 g/mol. The molecule has 0 radical (unpaired) electrons. The van der Waals surface area contributed by atoms with E-state index in [0.29, 0.717) is 18.7 Å². The van der Waals surface area contributed by atoms with Crippen molar-refractivity contribution in [3.05, 3.63) is 17.5 Å². The molecule has 2 rings (SSSR count). The normalized spacial score (nSPS) is 23.0. The van der Waals surface area contributed by atoms with Crippen LogP contribution in [-0.4, -0.2) is 28.7 Å². The summed E-state index contributed by atoms with van der Waals surface area (Å²) in [6.07, 6.45) is 3.50. The Kier molecular flexibility index (Phi) is 4.19. The van der Waals surface area contributed by atoms with Crippen molar-refractivity contribution in [1.82, 2.24) is 10.5 Å². The molecule has 2 unspecified atom stereocenters. The molecule has 6 nitrogen and oxygen atoms in total. The first-order valence-corrected chi connectivity index (χ1v) is 6.52. The van der Waals surface area contributed by atoms with E-state index >= 15 is 0 Å². The Balaban J connectivity index is 1.90. The lowest BCUT2D eigenvalue weighted by Crippen LogP contribution is -2.37. The molecular formula is C13H18N2O4. The van der Waals surface area contributed by atoms with E-state index in [-0.39, 0.29) is 23.5 Å². The van der Waals surface area contributed by atoms with Gasteiger partial charge >= 0.3 is 5.97 Å². The highest BCUT2D eigenvalue weighted by molar-refractivity contribution is 5.91. The van der Waals surface area contributed by atoms with Gasteiger partial charge in [-0.05, 0) is 25.7 Å². The molecule has 2 atom stereocenters. The predicted molar refractivity (Wildman–Crippen MR) is 66.7 cm³/mol. The molecule has 0 saturated heterocycles. The van der Waals surface area contributed by atoms with Crippen molar-refractivity contribution in [2.24, 2.45) is 11.8 Å². The molecule has 1 amide bonds. The van der Waals surface area contributed by atoms with Crippen LogP contribution in [-0.2, 0) is 4.79 Å². The van der Waals surface area contributed by atoms with Crippen LogP contribution in [0.25, 0.3) is 0 Å². The topological polar surface area (TPSA) is 92.4 Å². The highest BCUT2D eigenvalue weighted by Gasteiger charge is 2.31. The number of carbonyl (C=O) groups excluding carboxylic acids is 1. The lowest BCUT2D eigenvalue weighted by atomic mass is 9.79. The summed E-state index contributed by atoms with van der Waals surface area (Å²) in [5.74, 6) is -1.30. The highest BCUT2D eigenvalue weighted by atomic mass is 16.5. The second-order valence-corrected chi connectivity index (χ2v) is 5.03. The van der Waals surface area contributed by atoms with Gasteiger partial charge in [-0.3, -0.25) is 9.59 Å². The van der Waals surface area contributed by atoms with Crippen LogP contribution < -0.4 is 5.32 Å². The fourth-order valence-electron chi connectivity index (χ4n) is 2.56. The van der Waals surface area contributed by atoms with Crippen molar-refractivity contribution in [3.63, 3.8) is 0 Å². The molecule has 2 N–H and O–H groups in total. The van der Waals surface area contributed by atoms with Gasteiger partial charge in [0.2, 0.25) is 5.76 Å². The van der Waals surface area contributed by atoms with Crippen LogP contribution in [0, 0.1) is 18.8 Å². The van der Waals surface area contributed by atoms with Crippen molar-refractivity contribution in [2.75, 3.05) is 6.54 Å². The maximum Gasteiger partial charge on any atom is 0.306 e. The van der Waals surface area contributed by atoms with Gasteiger partial charge in [-0.25, -0.2) is 0 Å². The summed E-state index contributed by atoms with van der Waals surface area (Å²) in [6, 6.07) is 1.56. The predicted octanol–water partition coefficient (Wildman–Crippen LogP) is 1.60. The molecule has 1 saturated carbocycles. The minimum Gasteiger partial charge on any atom is -0.481 e. The molecule has 1 heterocycles. The number of hydrogen-bond acceptors (Lipinski definition) is 4. The molecule has 0 spiro atoms. The van der Waals surface area contributed by atoms with E-state index < -0.39 is 5.97 Å². The molecule has 1 aliphatic carbocycles. The fourth-order valence-corrected chi connectivity index (χ4v) is 2.56. The number of nitrogens with one attached hydrogen (secondary N) is 1. The van der Waals surface area contributed by atoms with E-state index in [2.05, 4.69) is 10.5 Å². The summed E-state index contributed by atoms with van der Waals surface area (Å²) in [4.78, 5) is 22.9. The van der Waals surface area contributed by atoms with Gasteiger partial charge in [-0.2, -0.15) is 0 Å². The van der Waals surface area contributed by atoms with Gasteiger partial charge in [-0.15, -0.1) is 0 Å². The number of carbonyl (C=O) groups is 2. The molecule has 0 bridgehead atoms. The average molecular weight is 266 g/mol. The van der Waals surface area contributed by atoms with Crippen LogP contribution in [0.4, 0.5) is 0 Å². The molecule has 104 valence electrons. The molecule has 1 aliphatic rings. The Hall–Kier alpha value is -1.85. The molecule has 0 aromatic carbocycles. The third kappa shape index (κ3) is 3.33. The van der Waals surface area contributed by atoms with Crippen molar-refractivity contribution < 1.29 is 19.2 Å². The zero-order valence-corrected chi connectivity index (χ0v) is 10.9. The van der Waals surface area contributed by atoms with Gasteiger partial charge < -0.3 is 14.9 Å². The number of nitrogens with zero attached hydrogens (tertiary/aromatic N) is 1. The standard InChI is InChI=1S/C13H18N2O4/c1-8-6-11(19-15-8)12(16)14-7-9-4-2-3-5-10(9)13(17)18/h6,9-10H,2-5,7H2,1H3,(H,14,16)(H,17,18). The first-order chi connectivity index (χ1) is 9.08. The van der Waals surface area contributed by atoms with Gasteiger partial charge in [0.25, 0.3) is 5.91 Å². The molecular weight excluding hydrogens is 248 g/mol. The van der Waals surface area contributed by atoms with Crippen LogP contribution >= 0.6 is 0 Å². The lowest BCUT2D eigenvalue weighted by Gasteiger charge is -2.28. The summed E-state index contributed by atoms with van der Waals surface area (Å²) >= 11 is 0. The van der Waals surface area contributed by atoms with E-state index in [9.17, 15) is 9.59 Å². The van der Waals surface area contributed by atoms with Gasteiger partial charge in [0, 0.05) is 12.6 Å². The van der Waals surface area contributed by atoms with Crippen molar-refractivity contribution >= 4 is 11.9 Å². The van der Waals surface area contributed by atoms with Gasteiger partial charge in [0.05, 0.1) is 11.6 Å². The first-order valence-electron chi connectivity index (χ1n) is 6.52. The zero-order chi connectivity index (χ0) is 13.8. The van der Waals surface area contributed by atoms with E-state index in [1.165, 1.54) is 0 Å². The molecule has 6 heteroatoms. The van der Waals surface area contributed by atoms with E-state index in [4.69, 9.17) is 9.63 Å². The Morgan fingerprint density at radius 3 is 2.84 bits per heavy atom. The maximum atomic E-state index is 11.8. The highest BCUT2D eigenvalue weighted by Crippen LogP contribution is 2.29. The van der Waals surface area contributed by atoms with Crippen molar-refractivity contribution in [1.29, 1.82) is 0 Å². The number of aromatic nitrogens is 1. The number of amides is 1. The van der Waals surface area contributed by atoms with Gasteiger partial charge in [0.1, 0.15) is 0 Å². The number of carboxylic acids is 1. The van der Waals surface area contributed by atoms with Crippen LogP contribution in [0.15, 0.2) is 10.6 Å². The van der Waals surface area contributed by atoms with E-state index in [0.717, 1.165) is 19.3 Å². The molecule has 0 aliphatic heterocycles. The molecule has 19 heavy (non-hydrogen) atoms. The lowest BCUT2D eigenvalue weighted by molar-refractivity contribution is -0.144. The van der Waals surface area contributed by atoms with Crippen molar-refractivity contribution in [3.8, 4) is 0 Å². The second-order valence-electron chi connectivity index (χ2n) is 5.03. The Bertz CT molecular complexity index is 469. The number of carboxylic acid groups (broad SMARTS) is 1. The second kappa shape index (κ2) is 5.86. The number of rotatable bonds is 4. The van der Waals surface area contributed by atoms with Crippen LogP contribution in [0.1, 0.15) is 41.9 Å².